The van der Waals surface area contributed by atoms with E-state index in [0.29, 0.717) is 12.8 Å². The maximum Gasteiger partial charge on any atom is 0.416 e. The topological polar surface area (TPSA) is 37.4 Å². The fraction of sp³-hybridized carbons (Fsp3) is 0.571. The van der Waals surface area contributed by atoms with Crippen molar-refractivity contribution < 1.29 is 21.6 Å². The lowest BCUT2D eigenvalue weighted by atomic mass is 10.0. The van der Waals surface area contributed by atoms with E-state index in [0.717, 1.165) is 6.07 Å². The van der Waals surface area contributed by atoms with Crippen LogP contribution in [-0.2, 0) is 22.6 Å². The second kappa shape index (κ2) is 5.96. The van der Waals surface area contributed by atoms with E-state index in [1.54, 1.807) is 13.1 Å². The number of benzene rings is 1. The summed E-state index contributed by atoms with van der Waals surface area (Å²) in [6.45, 7) is 0.167. The van der Waals surface area contributed by atoms with Gasteiger partial charge in [0, 0.05) is 12.6 Å². The van der Waals surface area contributed by atoms with Gasteiger partial charge in [-0.05, 0) is 31.5 Å². The molecule has 1 aromatic carbocycles. The Morgan fingerprint density at radius 3 is 2.33 bits per heavy atom. The second-order valence-electron chi connectivity index (χ2n) is 5.45. The Hall–Kier alpha value is -1.08. The van der Waals surface area contributed by atoms with Crippen molar-refractivity contribution in [1.82, 2.24) is 4.90 Å². The molecule has 1 saturated heterocycles. The molecule has 0 atom stereocenters. The SMILES string of the molecule is CN(Cc1ccccc1C(F)(F)F)C1CCS(=O)(=O)CC1. The number of hydrogen-bond donors (Lipinski definition) is 0. The minimum Gasteiger partial charge on any atom is -0.299 e. The Morgan fingerprint density at radius 1 is 1.19 bits per heavy atom. The van der Waals surface area contributed by atoms with E-state index < -0.39 is 21.6 Å². The molecule has 7 heteroatoms. The lowest BCUT2D eigenvalue weighted by molar-refractivity contribution is -0.138. The van der Waals surface area contributed by atoms with Crippen molar-refractivity contribution in [3.63, 3.8) is 0 Å². The fourth-order valence-electron chi connectivity index (χ4n) is 2.65. The van der Waals surface area contributed by atoms with Gasteiger partial charge in [0.1, 0.15) is 9.84 Å². The summed E-state index contributed by atoms with van der Waals surface area (Å²) in [4.78, 5) is 1.82. The zero-order chi connectivity index (χ0) is 15.7. The Kier molecular flexibility index (Phi) is 4.63. The molecule has 3 nitrogen and oxygen atoms in total. The van der Waals surface area contributed by atoms with Crippen molar-refractivity contribution in [1.29, 1.82) is 0 Å². The molecule has 1 fully saturated rings. The van der Waals surface area contributed by atoms with Crippen LogP contribution in [0.1, 0.15) is 24.0 Å². The van der Waals surface area contributed by atoms with Crippen LogP contribution in [0.2, 0.25) is 0 Å². The average molecular weight is 321 g/mol. The average Bonchev–Trinajstić information content (AvgIpc) is 2.37. The summed E-state index contributed by atoms with van der Waals surface area (Å²) in [5.41, 5.74) is -0.402. The highest BCUT2D eigenvalue weighted by molar-refractivity contribution is 7.91. The van der Waals surface area contributed by atoms with E-state index in [-0.39, 0.29) is 29.7 Å². The van der Waals surface area contributed by atoms with E-state index in [9.17, 15) is 21.6 Å². The van der Waals surface area contributed by atoms with Crippen LogP contribution < -0.4 is 0 Å². The fourth-order valence-corrected chi connectivity index (χ4v) is 4.12. The summed E-state index contributed by atoms with van der Waals surface area (Å²) in [6.07, 6.45) is -3.41. The highest BCUT2D eigenvalue weighted by Gasteiger charge is 2.34. The largest absolute Gasteiger partial charge is 0.416 e. The van der Waals surface area contributed by atoms with Crippen molar-refractivity contribution in [2.24, 2.45) is 0 Å². The van der Waals surface area contributed by atoms with Crippen molar-refractivity contribution in [3.05, 3.63) is 35.4 Å². The zero-order valence-corrected chi connectivity index (χ0v) is 12.5. The van der Waals surface area contributed by atoms with E-state index in [4.69, 9.17) is 0 Å². The van der Waals surface area contributed by atoms with E-state index in [1.807, 2.05) is 4.90 Å². The third-order valence-corrected chi connectivity index (χ3v) is 5.61. The van der Waals surface area contributed by atoms with Gasteiger partial charge in [-0.3, -0.25) is 4.90 Å². The molecule has 1 aliphatic heterocycles. The molecule has 0 amide bonds. The van der Waals surface area contributed by atoms with Crippen molar-refractivity contribution in [2.45, 2.75) is 31.6 Å². The monoisotopic (exact) mass is 321 g/mol. The van der Waals surface area contributed by atoms with Crippen LogP contribution in [0.15, 0.2) is 24.3 Å². The molecule has 118 valence electrons. The Labute approximate surface area is 122 Å². The molecule has 0 saturated carbocycles. The summed E-state index contributed by atoms with van der Waals surface area (Å²) in [5, 5.41) is 0. The Balaban J connectivity index is 2.09. The van der Waals surface area contributed by atoms with Gasteiger partial charge in [-0.2, -0.15) is 13.2 Å². The third-order valence-electron chi connectivity index (χ3n) is 3.89. The van der Waals surface area contributed by atoms with Gasteiger partial charge >= 0.3 is 6.18 Å². The maximum atomic E-state index is 12.9. The molecule has 0 aromatic heterocycles. The van der Waals surface area contributed by atoms with Crippen LogP contribution >= 0.6 is 0 Å². The predicted molar refractivity (Wildman–Crippen MR) is 74.6 cm³/mol. The lowest BCUT2D eigenvalue weighted by Gasteiger charge is -2.31. The van der Waals surface area contributed by atoms with Gasteiger partial charge in [-0.25, -0.2) is 8.42 Å². The quantitative estimate of drug-likeness (QED) is 0.859. The minimum absolute atomic E-state index is 0.00909. The zero-order valence-electron chi connectivity index (χ0n) is 11.7. The molecule has 0 unspecified atom stereocenters. The third kappa shape index (κ3) is 4.20. The molecule has 0 N–H and O–H groups in total. The summed E-state index contributed by atoms with van der Waals surface area (Å²) in [6, 6.07) is 5.52. The molecule has 1 aromatic rings. The van der Waals surface area contributed by atoms with Crippen LogP contribution in [0, 0.1) is 0 Å². The minimum atomic E-state index is -4.37. The lowest BCUT2D eigenvalue weighted by Crippen LogP contribution is -2.38. The van der Waals surface area contributed by atoms with Crippen molar-refractivity contribution >= 4 is 9.84 Å². The summed E-state index contributed by atoms with van der Waals surface area (Å²) >= 11 is 0. The van der Waals surface area contributed by atoms with Crippen LogP contribution in [0.4, 0.5) is 13.2 Å². The van der Waals surface area contributed by atoms with E-state index in [2.05, 4.69) is 0 Å². The number of hydrogen-bond acceptors (Lipinski definition) is 3. The van der Waals surface area contributed by atoms with Gasteiger partial charge in [0.2, 0.25) is 0 Å². The van der Waals surface area contributed by atoms with Crippen LogP contribution in [0.3, 0.4) is 0 Å². The van der Waals surface area contributed by atoms with Gasteiger partial charge in [0.25, 0.3) is 0 Å². The van der Waals surface area contributed by atoms with Crippen LogP contribution in [-0.4, -0.2) is 37.9 Å². The molecule has 1 heterocycles. The first-order valence-corrected chi connectivity index (χ1v) is 8.57. The number of alkyl halides is 3. The Bertz CT molecular complexity index is 584. The van der Waals surface area contributed by atoms with E-state index in [1.165, 1.54) is 12.1 Å². The highest BCUT2D eigenvalue weighted by Crippen LogP contribution is 2.32. The normalized spacial score (nSPS) is 19.9. The molecule has 0 bridgehead atoms. The van der Waals surface area contributed by atoms with Crippen molar-refractivity contribution in [2.75, 3.05) is 18.6 Å². The van der Waals surface area contributed by atoms with Gasteiger partial charge < -0.3 is 0 Å². The van der Waals surface area contributed by atoms with Gasteiger partial charge in [0.05, 0.1) is 17.1 Å². The molecule has 0 spiro atoms. The number of nitrogens with zero attached hydrogens (tertiary/aromatic N) is 1. The molecular formula is C14H18F3NO2S. The van der Waals surface area contributed by atoms with Gasteiger partial charge in [-0.1, -0.05) is 18.2 Å². The van der Waals surface area contributed by atoms with Gasteiger partial charge in [-0.15, -0.1) is 0 Å². The number of rotatable bonds is 3. The van der Waals surface area contributed by atoms with Gasteiger partial charge in [0.15, 0.2) is 0 Å². The number of halogens is 3. The predicted octanol–water partition coefficient (Wildman–Crippen LogP) is 2.71. The first kappa shape index (κ1) is 16.3. The Morgan fingerprint density at radius 2 is 1.76 bits per heavy atom. The first-order valence-electron chi connectivity index (χ1n) is 6.75. The highest BCUT2D eigenvalue weighted by atomic mass is 32.2. The standard InChI is InChI=1S/C14H18F3NO2S/c1-18(12-6-8-21(19,20)9-7-12)10-11-4-2-3-5-13(11)14(15,16)17/h2-5,12H,6-10H2,1H3. The van der Waals surface area contributed by atoms with Crippen LogP contribution in [0.5, 0.6) is 0 Å². The molecule has 2 rings (SSSR count). The van der Waals surface area contributed by atoms with Crippen LogP contribution in [0.25, 0.3) is 0 Å². The number of sulfone groups is 1. The molecule has 21 heavy (non-hydrogen) atoms. The first-order chi connectivity index (χ1) is 9.69. The second-order valence-corrected chi connectivity index (χ2v) is 7.76. The summed E-state index contributed by atoms with van der Waals surface area (Å²) < 4.78 is 61.6. The molecule has 0 aliphatic carbocycles. The maximum absolute atomic E-state index is 12.9. The summed E-state index contributed by atoms with van der Waals surface area (Å²) in [7, 11) is -1.21. The van der Waals surface area contributed by atoms with E-state index >= 15 is 0 Å². The summed E-state index contributed by atoms with van der Waals surface area (Å²) in [5.74, 6) is 0.228. The molecule has 0 radical (unpaired) electrons. The smallest absolute Gasteiger partial charge is 0.299 e. The molecular weight excluding hydrogens is 303 g/mol. The van der Waals surface area contributed by atoms with Crippen molar-refractivity contribution in [3.8, 4) is 0 Å². The molecule has 1 aliphatic rings.